The third kappa shape index (κ3) is 5.25. The van der Waals surface area contributed by atoms with Gasteiger partial charge >= 0.3 is 0 Å². The molecule has 1 aliphatic rings. The molecule has 1 fully saturated rings. The Morgan fingerprint density at radius 2 is 2.06 bits per heavy atom. The molecule has 0 spiro atoms. The number of pyridine rings is 1. The van der Waals surface area contributed by atoms with Gasteiger partial charge in [0, 0.05) is 54.9 Å². The van der Waals surface area contributed by atoms with Crippen molar-refractivity contribution in [2.45, 2.75) is 53.1 Å². The number of nitrogens with one attached hydrogen (secondary N) is 1. The van der Waals surface area contributed by atoms with Gasteiger partial charge in [-0.05, 0) is 68.9 Å². The van der Waals surface area contributed by atoms with E-state index in [0.29, 0.717) is 23.7 Å². The van der Waals surface area contributed by atoms with Crippen molar-refractivity contribution in [2.75, 3.05) is 18.5 Å². The van der Waals surface area contributed by atoms with Crippen LogP contribution < -0.4 is 10.9 Å². The monoisotopic (exact) mass is 471 g/mol. The molecule has 0 saturated carbocycles. The number of hydrogen-bond acceptors (Lipinski definition) is 6. The van der Waals surface area contributed by atoms with Gasteiger partial charge in [-0.3, -0.25) is 14.4 Å². The topological polar surface area (TPSA) is 81.4 Å². The predicted octanol–water partition coefficient (Wildman–Crippen LogP) is 5.39. The first-order chi connectivity index (χ1) is 16.9. The van der Waals surface area contributed by atoms with Crippen LogP contribution in [0.1, 0.15) is 44.7 Å². The van der Waals surface area contributed by atoms with E-state index >= 15 is 0 Å². The van der Waals surface area contributed by atoms with Crippen molar-refractivity contribution in [3.63, 3.8) is 0 Å². The maximum absolute atomic E-state index is 13.5. The number of aliphatic imine (C=N–C) groups is 1. The van der Waals surface area contributed by atoms with Crippen LogP contribution in [0.4, 0.5) is 5.95 Å². The van der Waals surface area contributed by atoms with Crippen molar-refractivity contribution >= 4 is 28.3 Å². The van der Waals surface area contributed by atoms with E-state index in [1.807, 2.05) is 52.0 Å². The number of fused-ring (bicyclic) bond motifs is 1. The zero-order chi connectivity index (χ0) is 24.9. The van der Waals surface area contributed by atoms with Crippen LogP contribution in [0.5, 0.6) is 0 Å². The van der Waals surface area contributed by atoms with Gasteiger partial charge in [-0.2, -0.15) is 4.98 Å². The molecule has 1 N–H and O–H groups in total. The summed E-state index contributed by atoms with van der Waals surface area (Å²) >= 11 is 0. The molecule has 0 amide bonds. The van der Waals surface area contributed by atoms with Gasteiger partial charge in [0.25, 0.3) is 5.56 Å². The normalized spacial score (nSPS) is 15.1. The molecular weight excluding hydrogens is 438 g/mol. The van der Waals surface area contributed by atoms with E-state index in [9.17, 15) is 4.79 Å². The highest BCUT2D eigenvalue weighted by Crippen LogP contribution is 2.27. The Kier molecular flexibility index (Phi) is 7.56. The van der Waals surface area contributed by atoms with Crippen LogP contribution in [0.15, 0.2) is 59.1 Å². The predicted molar refractivity (Wildman–Crippen MR) is 144 cm³/mol. The van der Waals surface area contributed by atoms with Crippen LogP contribution in [0, 0.1) is 6.92 Å². The van der Waals surface area contributed by atoms with Gasteiger partial charge in [-0.15, -0.1) is 0 Å². The smallest absolute Gasteiger partial charge is 0.260 e. The Morgan fingerprint density at radius 3 is 2.74 bits per heavy atom. The average Bonchev–Trinajstić information content (AvgIpc) is 2.87. The van der Waals surface area contributed by atoms with Gasteiger partial charge in [-0.25, -0.2) is 4.98 Å². The van der Waals surface area contributed by atoms with Crippen molar-refractivity contribution < 1.29 is 4.74 Å². The third-order valence-corrected chi connectivity index (χ3v) is 6.42. The molecule has 0 unspecified atom stereocenters. The van der Waals surface area contributed by atoms with Gasteiger partial charge in [0.05, 0.1) is 0 Å². The second kappa shape index (κ2) is 10.8. The molecule has 1 aromatic carbocycles. The van der Waals surface area contributed by atoms with Crippen LogP contribution in [-0.2, 0) is 11.3 Å². The van der Waals surface area contributed by atoms with Gasteiger partial charge in [0.15, 0.2) is 0 Å². The van der Waals surface area contributed by atoms with Crippen molar-refractivity contribution in [1.29, 1.82) is 0 Å². The van der Waals surface area contributed by atoms with Gasteiger partial charge in [0.2, 0.25) is 5.95 Å². The van der Waals surface area contributed by atoms with Gasteiger partial charge in [-0.1, -0.05) is 30.9 Å². The second-order valence-corrected chi connectivity index (χ2v) is 8.82. The Labute approximate surface area is 206 Å². The Hall–Kier alpha value is -3.58. The summed E-state index contributed by atoms with van der Waals surface area (Å²) in [4.78, 5) is 27.2. The quantitative estimate of drug-likeness (QED) is 0.468. The molecule has 7 heteroatoms. The number of anilines is 1. The molecule has 3 aromatic rings. The molecule has 0 atom stereocenters. The summed E-state index contributed by atoms with van der Waals surface area (Å²) in [5, 5.41) is 4.23. The Bertz CT molecular complexity index is 1360. The summed E-state index contributed by atoms with van der Waals surface area (Å²) in [5.41, 5.74) is 5.82. The lowest BCUT2D eigenvalue weighted by Gasteiger charge is -2.23. The largest absolute Gasteiger partial charge is 0.381 e. The Balaban J connectivity index is 1.71. The zero-order valence-electron chi connectivity index (χ0n) is 21.0. The number of nitrogens with zero attached hydrogens (tertiary/aromatic N) is 4. The van der Waals surface area contributed by atoms with E-state index in [1.165, 1.54) is 0 Å². The van der Waals surface area contributed by atoms with E-state index in [2.05, 4.69) is 27.9 Å². The maximum Gasteiger partial charge on any atom is 0.260 e. The van der Waals surface area contributed by atoms with E-state index < -0.39 is 0 Å². The fraction of sp³-hybridized carbons (Fsp3) is 0.357. The van der Waals surface area contributed by atoms with Crippen LogP contribution in [0.25, 0.3) is 27.7 Å². The number of aromatic nitrogens is 3. The van der Waals surface area contributed by atoms with Crippen LogP contribution in [-0.4, -0.2) is 39.5 Å². The fourth-order valence-electron chi connectivity index (χ4n) is 4.37. The van der Waals surface area contributed by atoms with Crippen LogP contribution in [0.2, 0.25) is 0 Å². The van der Waals surface area contributed by atoms with Crippen LogP contribution >= 0.6 is 0 Å². The lowest BCUT2D eigenvalue weighted by atomic mass is 9.95. The van der Waals surface area contributed by atoms with Crippen molar-refractivity contribution in [3.8, 4) is 11.1 Å². The zero-order valence-corrected chi connectivity index (χ0v) is 21.0. The molecule has 7 nitrogen and oxygen atoms in total. The summed E-state index contributed by atoms with van der Waals surface area (Å²) in [6, 6.07) is 8.23. The summed E-state index contributed by atoms with van der Waals surface area (Å²) in [5.74, 6) is 0.549. The van der Waals surface area contributed by atoms with E-state index in [0.717, 1.165) is 59.4 Å². The number of aryl methyl sites for hydroxylation is 2. The maximum atomic E-state index is 13.5. The highest BCUT2D eigenvalue weighted by atomic mass is 16.5. The molecule has 35 heavy (non-hydrogen) atoms. The van der Waals surface area contributed by atoms with E-state index in [1.54, 1.807) is 17.0 Å². The third-order valence-electron chi connectivity index (χ3n) is 6.42. The number of benzene rings is 1. The average molecular weight is 472 g/mol. The summed E-state index contributed by atoms with van der Waals surface area (Å²) in [6.45, 7) is 14.0. The lowest BCUT2D eigenvalue weighted by molar-refractivity contribution is 0.0903. The standard InChI is InChI=1S/C28H33N5O2/c1-6-12-29-20(5)19(4)21-8-9-24(18(3)15-21)25-16-22-17-30-28(31-23-10-13-35-14-11-23)32-26(22)33(7-2)27(25)34/h6,8-9,12,15-17,23H,4,7,10-11,13-14H2,1-3,5H3,(H,30,31,32)/b12-6-,29-20?. The van der Waals surface area contributed by atoms with Crippen molar-refractivity contribution in [1.82, 2.24) is 14.5 Å². The fourth-order valence-corrected chi connectivity index (χ4v) is 4.37. The first-order valence-electron chi connectivity index (χ1n) is 12.1. The molecule has 0 aliphatic carbocycles. The highest BCUT2D eigenvalue weighted by molar-refractivity contribution is 6.22. The summed E-state index contributed by atoms with van der Waals surface area (Å²) in [6.07, 6.45) is 7.28. The van der Waals surface area contributed by atoms with E-state index in [-0.39, 0.29) is 11.6 Å². The van der Waals surface area contributed by atoms with E-state index in [4.69, 9.17) is 9.72 Å². The van der Waals surface area contributed by atoms with Crippen molar-refractivity contribution in [2.24, 2.45) is 4.99 Å². The molecule has 0 bridgehead atoms. The lowest BCUT2D eigenvalue weighted by Crippen LogP contribution is -2.29. The van der Waals surface area contributed by atoms with Crippen LogP contribution in [0.3, 0.4) is 0 Å². The van der Waals surface area contributed by atoms with Crippen molar-refractivity contribution in [3.05, 3.63) is 70.8 Å². The molecule has 3 heterocycles. The summed E-state index contributed by atoms with van der Waals surface area (Å²) < 4.78 is 7.16. The molecule has 1 saturated heterocycles. The second-order valence-electron chi connectivity index (χ2n) is 8.82. The number of allylic oxidation sites excluding steroid dienone is 2. The SMILES string of the molecule is C=C(C(C)=N/C=C\C)c1ccc(-c2cc3cnc(NC4CCOCC4)nc3n(CC)c2=O)c(C)c1. The number of rotatable bonds is 7. The minimum absolute atomic E-state index is 0.0591. The first-order valence-corrected chi connectivity index (χ1v) is 12.1. The molecule has 4 rings (SSSR count). The highest BCUT2D eigenvalue weighted by Gasteiger charge is 2.17. The minimum atomic E-state index is -0.0591. The molecular formula is C28H33N5O2. The minimum Gasteiger partial charge on any atom is -0.381 e. The first kappa shape index (κ1) is 24.5. The Morgan fingerprint density at radius 1 is 1.29 bits per heavy atom. The molecule has 0 radical (unpaired) electrons. The summed E-state index contributed by atoms with van der Waals surface area (Å²) in [7, 11) is 0. The number of hydrogen-bond donors (Lipinski definition) is 1. The molecule has 2 aromatic heterocycles. The van der Waals surface area contributed by atoms with Gasteiger partial charge in [0.1, 0.15) is 5.65 Å². The molecule has 1 aliphatic heterocycles. The molecule has 182 valence electrons. The number of ether oxygens (including phenoxy) is 1. The van der Waals surface area contributed by atoms with Gasteiger partial charge < -0.3 is 10.1 Å².